The Kier molecular flexibility index (Phi) is 13.6. The van der Waals surface area contributed by atoms with Gasteiger partial charge < -0.3 is 0 Å². The van der Waals surface area contributed by atoms with Gasteiger partial charge in [-0.1, -0.05) is 92.8 Å². The van der Waals surface area contributed by atoms with E-state index in [0.29, 0.717) is 11.4 Å². The van der Waals surface area contributed by atoms with Crippen molar-refractivity contribution in [2.75, 3.05) is 0 Å². The van der Waals surface area contributed by atoms with E-state index in [1.165, 1.54) is 24.3 Å². The zero-order chi connectivity index (χ0) is 52.3. The van der Waals surface area contributed by atoms with Crippen LogP contribution in [0.25, 0.3) is 22.3 Å². The highest BCUT2D eigenvalue weighted by Gasteiger charge is 2.40. The normalized spacial score (nSPS) is 16.9. The molecule has 0 saturated carbocycles. The standard InChI is InChI=1S/C44H20Cl8N4O12S4/c45-23-5-9-28(69(57,58)59)39(49)32(23)22-15-21-14-19-2-1-17(53-19)13-18-3-4-20(54-18)16-27-36(33-24(46)6-10-29(40(33)50)70(60,61)62)37(34-25(47)7-11-30(41(34)51)71(63,64)65)44(56-27)38(43(22)55-21)35-26(48)8-12-31(42(35)52)72(66,67)68/h1-16H,(H,57,58,59)(H,60,61,62)(H,63,64,65)(H,66,67,68). The van der Waals surface area contributed by atoms with E-state index in [0.717, 1.165) is 48.5 Å². The molecule has 368 valence electrons. The molecule has 0 saturated heterocycles. The first kappa shape index (κ1) is 52.3. The SMILES string of the molecule is O=S(=O)(O)c1ccc(Cl)c(C2=CC3=CC4=NC(=CC5=NC(=CC6=NC(=C(c7c(Cl)ccc(S(=O)(=O)O)c7Cl)C2=N3)C(c2c(Cl)ccc(S(=O)(=O)O)c2Cl)=C6c2c(Cl)ccc(S(=O)(=O)O)c2Cl)C=C5)C=C4)c1Cl. The quantitative estimate of drug-likeness (QED) is 0.120. The van der Waals surface area contributed by atoms with Crippen molar-refractivity contribution in [2.45, 2.75) is 19.6 Å². The third-order valence-corrected chi connectivity index (χ3v) is 17.7. The lowest BCUT2D eigenvalue weighted by Gasteiger charge is -2.22. The van der Waals surface area contributed by atoms with Gasteiger partial charge in [-0.15, -0.1) is 0 Å². The molecule has 0 fully saturated rings. The maximum Gasteiger partial charge on any atom is 0.296 e. The van der Waals surface area contributed by atoms with Gasteiger partial charge in [0.1, 0.15) is 19.6 Å². The molecular formula is C44H20Cl8N4O12S4. The molecule has 5 heterocycles. The van der Waals surface area contributed by atoms with Crippen molar-refractivity contribution in [1.29, 1.82) is 0 Å². The zero-order valence-corrected chi connectivity index (χ0v) is 44.1. The first-order valence-corrected chi connectivity index (χ1v) is 28.2. The maximum atomic E-state index is 13.1. The summed E-state index contributed by atoms with van der Waals surface area (Å²) in [4.78, 5) is 15.5. The smallest absolute Gasteiger partial charge is 0.282 e. The van der Waals surface area contributed by atoms with Gasteiger partial charge >= 0.3 is 0 Å². The molecule has 4 aromatic rings. The molecule has 0 aliphatic carbocycles. The van der Waals surface area contributed by atoms with Gasteiger partial charge in [0.15, 0.2) is 0 Å². The minimum atomic E-state index is -5.27. The molecule has 8 bridgehead atoms. The van der Waals surface area contributed by atoms with Crippen LogP contribution in [0.3, 0.4) is 0 Å². The molecule has 9 rings (SSSR count). The Labute approximate surface area is 448 Å². The van der Waals surface area contributed by atoms with E-state index < -0.39 is 129 Å². The highest BCUT2D eigenvalue weighted by molar-refractivity contribution is 7.86. The lowest BCUT2D eigenvalue weighted by Crippen LogP contribution is -2.12. The topological polar surface area (TPSA) is 267 Å². The molecule has 0 atom stereocenters. The van der Waals surface area contributed by atoms with Crippen LogP contribution in [0.5, 0.6) is 0 Å². The fraction of sp³-hybridized carbons (Fsp3) is 0. The van der Waals surface area contributed by atoms with Crippen LogP contribution in [0.2, 0.25) is 40.2 Å². The molecule has 16 nitrogen and oxygen atoms in total. The van der Waals surface area contributed by atoms with Gasteiger partial charge in [0, 0.05) is 44.5 Å². The average molecular weight is 1210 g/mol. The van der Waals surface area contributed by atoms with Crippen LogP contribution < -0.4 is 0 Å². The molecular weight excluding hydrogens is 1190 g/mol. The maximum absolute atomic E-state index is 13.1. The first-order chi connectivity index (χ1) is 33.5. The Morgan fingerprint density at radius 3 is 1.15 bits per heavy atom. The number of aliphatic imine (C=N–C) groups is 4. The summed E-state index contributed by atoms with van der Waals surface area (Å²) in [6.07, 6.45) is 12.1. The van der Waals surface area contributed by atoms with Crippen LogP contribution in [0.1, 0.15) is 22.3 Å². The number of nitrogens with zero attached hydrogens (tertiary/aromatic N) is 4. The lowest BCUT2D eigenvalue weighted by atomic mass is 9.85. The second-order valence-electron chi connectivity index (χ2n) is 15.3. The molecule has 0 spiro atoms. The molecule has 28 heteroatoms. The fourth-order valence-corrected chi connectivity index (χ4v) is 13.6. The minimum absolute atomic E-state index is 0.0259. The van der Waals surface area contributed by atoms with Crippen molar-refractivity contribution < 1.29 is 51.9 Å². The summed E-state index contributed by atoms with van der Waals surface area (Å²) in [6, 6.07) is 7.60. The van der Waals surface area contributed by atoms with Gasteiger partial charge in [0.05, 0.1) is 85.8 Å². The average Bonchev–Trinajstić information content (AvgIpc) is 4.06. The van der Waals surface area contributed by atoms with Crippen molar-refractivity contribution in [3.8, 4) is 0 Å². The summed E-state index contributed by atoms with van der Waals surface area (Å²) >= 11 is 55.6. The summed E-state index contributed by atoms with van der Waals surface area (Å²) in [7, 11) is -20.8. The third kappa shape index (κ3) is 9.47. The predicted octanol–water partition coefficient (Wildman–Crippen LogP) is 11.9. The number of halogens is 8. The number of hydrogen-bond acceptors (Lipinski definition) is 12. The molecule has 5 aliphatic heterocycles. The third-order valence-electron chi connectivity index (χ3n) is 10.8. The molecule has 0 aromatic heterocycles. The Hall–Kier alpha value is -4.56. The van der Waals surface area contributed by atoms with Crippen LogP contribution in [0.15, 0.2) is 159 Å². The minimum Gasteiger partial charge on any atom is -0.282 e. The van der Waals surface area contributed by atoms with Gasteiger partial charge in [-0.2, -0.15) is 33.7 Å². The highest BCUT2D eigenvalue weighted by atomic mass is 35.5. The Morgan fingerprint density at radius 1 is 0.361 bits per heavy atom. The van der Waals surface area contributed by atoms with Crippen LogP contribution in [0, 0.1) is 0 Å². The highest BCUT2D eigenvalue weighted by Crippen LogP contribution is 2.55. The zero-order valence-electron chi connectivity index (χ0n) is 34.7. The van der Waals surface area contributed by atoms with Crippen molar-refractivity contribution >= 4 is 178 Å². The van der Waals surface area contributed by atoms with Gasteiger partial charge in [0.25, 0.3) is 40.5 Å². The van der Waals surface area contributed by atoms with Crippen molar-refractivity contribution in [3.63, 3.8) is 0 Å². The van der Waals surface area contributed by atoms with Gasteiger partial charge in [-0.25, -0.2) is 20.0 Å². The van der Waals surface area contributed by atoms with E-state index in [4.69, 9.17) is 103 Å². The van der Waals surface area contributed by atoms with E-state index >= 15 is 0 Å². The van der Waals surface area contributed by atoms with E-state index in [1.54, 1.807) is 24.3 Å². The van der Waals surface area contributed by atoms with Crippen LogP contribution in [0.4, 0.5) is 0 Å². The van der Waals surface area contributed by atoms with Gasteiger partial charge in [-0.05, 0) is 97.1 Å². The Morgan fingerprint density at radius 2 is 0.722 bits per heavy atom. The number of allylic oxidation sites excluding steroid dienone is 12. The summed E-state index contributed by atoms with van der Waals surface area (Å²) < 4.78 is 145. The Bertz CT molecular complexity index is 4170. The lowest BCUT2D eigenvalue weighted by molar-refractivity contribution is 0.481. The molecule has 0 radical (unpaired) electrons. The largest absolute Gasteiger partial charge is 0.296 e. The van der Waals surface area contributed by atoms with Crippen molar-refractivity contribution in [3.05, 3.63) is 182 Å². The predicted molar refractivity (Wildman–Crippen MR) is 279 cm³/mol. The molecule has 5 aliphatic rings. The number of fused-ring (bicyclic) bond motifs is 4. The monoisotopic (exact) mass is 1200 g/mol. The number of hydrogen-bond donors (Lipinski definition) is 4. The van der Waals surface area contributed by atoms with E-state index in [-0.39, 0.29) is 49.6 Å². The van der Waals surface area contributed by atoms with Crippen LogP contribution >= 0.6 is 92.8 Å². The summed E-state index contributed by atoms with van der Waals surface area (Å²) in [5.41, 5.74) is -3.66. The Balaban J connectivity index is 1.61. The first-order valence-electron chi connectivity index (χ1n) is 19.5. The van der Waals surface area contributed by atoms with E-state index in [9.17, 15) is 51.9 Å². The summed E-state index contributed by atoms with van der Waals surface area (Å²) in [5, 5.41) is -4.57. The number of benzene rings is 4. The molecule has 4 N–H and O–H groups in total. The van der Waals surface area contributed by atoms with Crippen molar-refractivity contribution in [1.82, 2.24) is 0 Å². The molecule has 72 heavy (non-hydrogen) atoms. The van der Waals surface area contributed by atoms with Gasteiger partial charge in [0.2, 0.25) is 0 Å². The molecule has 0 amide bonds. The summed E-state index contributed by atoms with van der Waals surface area (Å²) in [6.45, 7) is 0. The van der Waals surface area contributed by atoms with Crippen LogP contribution in [-0.2, 0) is 40.5 Å². The van der Waals surface area contributed by atoms with Crippen molar-refractivity contribution in [2.24, 2.45) is 20.0 Å². The second-order valence-corrected chi connectivity index (χ2v) is 24.0. The number of rotatable bonds is 8. The molecule has 0 unspecified atom stereocenters. The van der Waals surface area contributed by atoms with E-state index in [2.05, 4.69) is 9.98 Å². The van der Waals surface area contributed by atoms with Gasteiger partial charge in [-0.3, -0.25) is 18.2 Å². The molecule has 4 aromatic carbocycles. The van der Waals surface area contributed by atoms with Crippen LogP contribution in [-0.4, -0.2) is 74.7 Å². The second kappa shape index (κ2) is 18.7. The van der Waals surface area contributed by atoms with E-state index in [1.807, 2.05) is 0 Å². The summed E-state index contributed by atoms with van der Waals surface area (Å²) in [5.74, 6) is 0. The fourth-order valence-electron chi connectivity index (χ4n) is 7.92.